The normalized spacial score (nSPS) is 12.6. The highest BCUT2D eigenvalue weighted by molar-refractivity contribution is 9.10. The first-order valence-electron chi connectivity index (χ1n) is 7.35. The molecule has 0 spiro atoms. The van der Waals surface area contributed by atoms with Crippen LogP contribution in [0, 0.1) is 6.92 Å². The van der Waals surface area contributed by atoms with Crippen molar-refractivity contribution in [2.24, 2.45) is 0 Å². The van der Waals surface area contributed by atoms with Gasteiger partial charge in [-0.05, 0) is 36.8 Å². The maximum Gasteiger partial charge on any atom is 0.336 e. The summed E-state index contributed by atoms with van der Waals surface area (Å²) in [6, 6.07) is 10.7. The van der Waals surface area contributed by atoms with Crippen molar-refractivity contribution in [2.75, 3.05) is 6.79 Å². The number of rotatable bonds is 3. The van der Waals surface area contributed by atoms with Crippen LogP contribution < -0.4 is 19.8 Å². The van der Waals surface area contributed by atoms with Crippen molar-refractivity contribution in [3.05, 3.63) is 62.4 Å². The monoisotopic (exact) mass is 388 g/mol. The molecule has 4 rings (SSSR count). The fourth-order valence-electron chi connectivity index (χ4n) is 2.63. The summed E-state index contributed by atoms with van der Waals surface area (Å²) >= 11 is 3.51. The molecule has 0 N–H and O–H groups in total. The van der Waals surface area contributed by atoms with Crippen molar-refractivity contribution in [3.63, 3.8) is 0 Å². The smallest absolute Gasteiger partial charge is 0.336 e. The number of ether oxygens (including phenoxy) is 3. The van der Waals surface area contributed by atoms with E-state index in [1.54, 1.807) is 6.07 Å². The molecule has 0 fully saturated rings. The summed E-state index contributed by atoms with van der Waals surface area (Å²) in [4.78, 5) is 11.5. The molecular formula is C18H13BrO5. The largest absolute Gasteiger partial charge is 0.489 e. The molecule has 6 heteroatoms. The van der Waals surface area contributed by atoms with E-state index in [2.05, 4.69) is 15.9 Å². The molecule has 0 aliphatic carbocycles. The van der Waals surface area contributed by atoms with Crippen LogP contribution in [-0.2, 0) is 6.61 Å². The average Bonchev–Trinajstić information content (AvgIpc) is 2.99. The fraction of sp³-hybridized carbons (Fsp3) is 0.167. The van der Waals surface area contributed by atoms with E-state index in [9.17, 15) is 4.79 Å². The molecule has 2 aromatic carbocycles. The predicted octanol–water partition coefficient (Wildman–Crippen LogP) is 4.17. The molecule has 0 saturated heterocycles. The zero-order valence-corrected chi connectivity index (χ0v) is 14.4. The van der Waals surface area contributed by atoms with Gasteiger partial charge in [0.15, 0.2) is 11.5 Å². The van der Waals surface area contributed by atoms with Gasteiger partial charge in [0.05, 0.1) is 0 Å². The topological polar surface area (TPSA) is 57.9 Å². The third-order valence-electron chi connectivity index (χ3n) is 3.86. The van der Waals surface area contributed by atoms with Gasteiger partial charge in [-0.15, -0.1) is 0 Å². The minimum atomic E-state index is -0.365. The summed E-state index contributed by atoms with van der Waals surface area (Å²) in [5.41, 5.74) is 1.97. The van der Waals surface area contributed by atoms with Crippen LogP contribution in [0.4, 0.5) is 0 Å². The van der Waals surface area contributed by atoms with Crippen molar-refractivity contribution in [3.8, 4) is 17.2 Å². The Hall–Kier alpha value is -2.47. The van der Waals surface area contributed by atoms with Crippen LogP contribution in [0.25, 0.3) is 11.0 Å². The lowest BCUT2D eigenvalue weighted by atomic mass is 10.1. The van der Waals surface area contributed by atoms with Gasteiger partial charge in [0.25, 0.3) is 0 Å². The Morgan fingerprint density at radius 1 is 1.12 bits per heavy atom. The first-order chi connectivity index (χ1) is 11.6. The Balaban J connectivity index is 1.60. The zero-order chi connectivity index (χ0) is 16.7. The van der Waals surface area contributed by atoms with E-state index in [-0.39, 0.29) is 12.4 Å². The lowest BCUT2D eigenvalue weighted by molar-refractivity contribution is 0.174. The molecule has 0 unspecified atom stereocenters. The second-order valence-electron chi connectivity index (χ2n) is 5.49. The maximum absolute atomic E-state index is 11.5. The molecule has 0 amide bonds. The van der Waals surface area contributed by atoms with Crippen LogP contribution in [-0.4, -0.2) is 6.79 Å². The van der Waals surface area contributed by atoms with Crippen molar-refractivity contribution in [2.45, 2.75) is 13.5 Å². The molecule has 0 saturated carbocycles. The molecule has 24 heavy (non-hydrogen) atoms. The molecular weight excluding hydrogens is 376 g/mol. The molecule has 1 aliphatic heterocycles. The van der Waals surface area contributed by atoms with Gasteiger partial charge < -0.3 is 18.6 Å². The molecule has 122 valence electrons. The third-order valence-corrected chi connectivity index (χ3v) is 4.60. The second-order valence-corrected chi connectivity index (χ2v) is 6.35. The van der Waals surface area contributed by atoms with E-state index < -0.39 is 0 Å². The molecule has 1 aromatic heterocycles. The molecule has 0 atom stereocenters. The summed E-state index contributed by atoms with van der Waals surface area (Å²) in [5, 5.41) is 0.895. The van der Waals surface area contributed by atoms with Crippen LogP contribution >= 0.6 is 15.9 Å². The summed E-state index contributed by atoms with van der Waals surface area (Å²) in [6.45, 7) is 2.46. The highest BCUT2D eigenvalue weighted by Crippen LogP contribution is 2.37. The van der Waals surface area contributed by atoms with Gasteiger partial charge in [0, 0.05) is 27.6 Å². The first-order valence-corrected chi connectivity index (χ1v) is 8.15. The van der Waals surface area contributed by atoms with Gasteiger partial charge in [-0.1, -0.05) is 15.9 Å². The van der Waals surface area contributed by atoms with Gasteiger partial charge in [-0.2, -0.15) is 0 Å². The number of aryl methyl sites for hydroxylation is 1. The van der Waals surface area contributed by atoms with Crippen molar-refractivity contribution in [1.29, 1.82) is 0 Å². The minimum absolute atomic E-state index is 0.231. The average molecular weight is 389 g/mol. The minimum Gasteiger partial charge on any atom is -0.489 e. The zero-order valence-electron chi connectivity index (χ0n) is 12.8. The van der Waals surface area contributed by atoms with Crippen LogP contribution in [0.15, 0.2) is 50.1 Å². The lowest BCUT2D eigenvalue weighted by Crippen LogP contribution is -1.99. The Morgan fingerprint density at radius 3 is 2.75 bits per heavy atom. The Bertz CT molecular complexity index is 993. The van der Waals surface area contributed by atoms with Gasteiger partial charge >= 0.3 is 5.63 Å². The Morgan fingerprint density at radius 2 is 1.92 bits per heavy atom. The van der Waals surface area contributed by atoms with Crippen LogP contribution in [0.5, 0.6) is 17.2 Å². The number of halogens is 1. The van der Waals surface area contributed by atoms with Gasteiger partial charge in [-0.3, -0.25) is 0 Å². The van der Waals surface area contributed by atoms with E-state index >= 15 is 0 Å². The van der Waals surface area contributed by atoms with E-state index in [1.165, 1.54) is 6.07 Å². The fourth-order valence-corrected chi connectivity index (χ4v) is 3.06. The maximum atomic E-state index is 11.5. The highest BCUT2D eigenvalue weighted by atomic mass is 79.9. The van der Waals surface area contributed by atoms with E-state index in [1.807, 2.05) is 31.2 Å². The third kappa shape index (κ3) is 2.73. The summed E-state index contributed by atoms with van der Waals surface area (Å²) in [7, 11) is 0. The van der Waals surface area contributed by atoms with Crippen molar-refractivity contribution in [1.82, 2.24) is 0 Å². The molecule has 0 radical (unpaired) electrons. The second kappa shape index (κ2) is 5.87. The Labute approximate surface area is 145 Å². The molecule has 3 aromatic rings. The van der Waals surface area contributed by atoms with Crippen molar-refractivity contribution >= 4 is 26.9 Å². The quantitative estimate of drug-likeness (QED) is 0.630. The highest BCUT2D eigenvalue weighted by Gasteiger charge is 2.16. The van der Waals surface area contributed by atoms with Gasteiger partial charge in [-0.25, -0.2) is 4.79 Å². The van der Waals surface area contributed by atoms with E-state index in [0.29, 0.717) is 29.4 Å². The number of benzene rings is 2. The van der Waals surface area contributed by atoms with Gasteiger partial charge in [0.1, 0.15) is 17.9 Å². The standard InChI is InChI=1S/C18H13BrO5/c1-10-4-18(20)24-15-6-12(2-3-13(10)15)21-8-11-5-16-17(7-14(11)19)23-9-22-16/h2-7H,8-9H2,1H3. The number of fused-ring (bicyclic) bond motifs is 2. The lowest BCUT2D eigenvalue weighted by Gasteiger charge is -2.10. The first kappa shape index (κ1) is 15.1. The summed E-state index contributed by atoms with van der Waals surface area (Å²) in [5.74, 6) is 2.05. The van der Waals surface area contributed by atoms with Crippen LogP contribution in [0.1, 0.15) is 11.1 Å². The van der Waals surface area contributed by atoms with Gasteiger partial charge in [0.2, 0.25) is 6.79 Å². The predicted molar refractivity (Wildman–Crippen MR) is 91.8 cm³/mol. The Kier molecular flexibility index (Phi) is 3.69. The SMILES string of the molecule is Cc1cc(=O)oc2cc(OCc3cc4c(cc3Br)OCO4)ccc12. The van der Waals surface area contributed by atoms with Crippen molar-refractivity contribution < 1.29 is 18.6 Å². The number of hydrogen-bond donors (Lipinski definition) is 0. The molecule has 5 nitrogen and oxygen atoms in total. The van der Waals surface area contributed by atoms with E-state index in [4.69, 9.17) is 18.6 Å². The summed E-state index contributed by atoms with van der Waals surface area (Å²) in [6.07, 6.45) is 0. The number of hydrogen-bond acceptors (Lipinski definition) is 5. The van der Waals surface area contributed by atoms with Crippen LogP contribution in [0.2, 0.25) is 0 Å². The van der Waals surface area contributed by atoms with Crippen LogP contribution in [0.3, 0.4) is 0 Å². The summed E-state index contributed by atoms with van der Waals surface area (Å²) < 4.78 is 22.7. The molecule has 2 heterocycles. The molecule has 0 bridgehead atoms. The van der Waals surface area contributed by atoms with E-state index in [0.717, 1.165) is 21.0 Å². The molecule has 1 aliphatic rings.